The number of anilines is 1. The first kappa shape index (κ1) is 19.0. The molecule has 3 aromatic rings. The molecule has 1 amide bonds. The van der Waals surface area contributed by atoms with E-state index in [-0.39, 0.29) is 11.6 Å². The molecule has 0 aliphatic carbocycles. The number of hydrogen-bond acceptors (Lipinski definition) is 6. The van der Waals surface area contributed by atoms with Gasteiger partial charge in [0.15, 0.2) is 0 Å². The highest BCUT2D eigenvalue weighted by molar-refractivity contribution is 6.04. The van der Waals surface area contributed by atoms with Crippen molar-refractivity contribution in [3.8, 4) is 17.1 Å². The molecule has 28 heavy (non-hydrogen) atoms. The van der Waals surface area contributed by atoms with Crippen molar-refractivity contribution in [2.24, 2.45) is 0 Å². The van der Waals surface area contributed by atoms with Crippen molar-refractivity contribution in [3.05, 3.63) is 75.8 Å². The van der Waals surface area contributed by atoms with E-state index in [4.69, 9.17) is 4.74 Å². The third-order valence-corrected chi connectivity index (χ3v) is 4.03. The van der Waals surface area contributed by atoms with Gasteiger partial charge in [0.25, 0.3) is 11.6 Å². The fraction of sp³-hybridized carbons (Fsp3) is 0.150. The van der Waals surface area contributed by atoms with Crippen LogP contribution in [0.25, 0.3) is 11.3 Å². The molecule has 1 heterocycles. The summed E-state index contributed by atoms with van der Waals surface area (Å²) in [6.07, 6.45) is 0. The van der Waals surface area contributed by atoms with Gasteiger partial charge in [-0.25, -0.2) is 0 Å². The minimum Gasteiger partial charge on any atom is -0.477 e. The van der Waals surface area contributed by atoms with Crippen LogP contribution in [0, 0.1) is 17.0 Å². The minimum absolute atomic E-state index is 0.0163. The summed E-state index contributed by atoms with van der Waals surface area (Å²) in [7, 11) is 0. The van der Waals surface area contributed by atoms with E-state index in [9.17, 15) is 14.9 Å². The lowest BCUT2D eigenvalue weighted by atomic mass is 10.1. The molecule has 1 N–H and O–H groups in total. The summed E-state index contributed by atoms with van der Waals surface area (Å²) in [5, 5.41) is 21.8. The molecule has 3 rings (SSSR count). The van der Waals surface area contributed by atoms with Gasteiger partial charge in [-0.3, -0.25) is 14.9 Å². The van der Waals surface area contributed by atoms with Crippen LogP contribution in [-0.4, -0.2) is 27.6 Å². The summed E-state index contributed by atoms with van der Waals surface area (Å²) in [6, 6.07) is 15.0. The molecule has 0 fully saturated rings. The number of nitro groups is 1. The van der Waals surface area contributed by atoms with Crippen molar-refractivity contribution in [2.45, 2.75) is 13.8 Å². The Kier molecular flexibility index (Phi) is 5.59. The van der Waals surface area contributed by atoms with Crippen LogP contribution in [0.1, 0.15) is 22.8 Å². The van der Waals surface area contributed by atoms with Crippen LogP contribution < -0.4 is 10.1 Å². The van der Waals surface area contributed by atoms with Gasteiger partial charge in [0.2, 0.25) is 5.88 Å². The maximum absolute atomic E-state index is 12.4. The summed E-state index contributed by atoms with van der Waals surface area (Å²) in [6.45, 7) is 4.00. The highest BCUT2D eigenvalue weighted by Crippen LogP contribution is 2.22. The minimum atomic E-state index is -0.473. The van der Waals surface area contributed by atoms with Crippen molar-refractivity contribution in [2.75, 3.05) is 11.9 Å². The topological polar surface area (TPSA) is 107 Å². The Morgan fingerprint density at radius 2 is 1.86 bits per heavy atom. The Balaban J connectivity index is 1.71. The number of carbonyl (C=O) groups excluding carboxylic acids is 1. The normalized spacial score (nSPS) is 10.4. The van der Waals surface area contributed by atoms with E-state index >= 15 is 0 Å². The number of benzene rings is 2. The van der Waals surface area contributed by atoms with Crippen LogP contribution in [0.2, 0.25) is 0 Å². The first-order chi connectivity index (χ1) is 13.5. The van der Waals surface area contributed by atoms with Gasteiger partial charge in [-0.15, -0.1) is 10.2 Å². The molecular weight excluding hydrogens is 360 g/mol. The number of hydrogen-bond donors (Lipinski definition) is 1. The maximum atomic E-state index is 12.4. The Morgan fingerprint density at radius 3 is 2.43 bits per heavy atom. The lowest BCUT2D eigenvalue weighted by Crippen LogP contribution is -2.12. The molecule has 0 radical (unpaired) electrons. The second-order valence-electron chi connectivity index (χ2n) is 5.98. The zero-order valence-electron chi connectivity index (χ0n) is 15.4. The van der Waals surface area contributed by atoms with Crippen molar-refractivity contribution < 1.29 is 14.5 Å². The Morgan fingerprint density at radius 1 is 1.11 bits per heavy atom. The van der Waals surface area contributed by atoms with E-state index in [1.165, 1.54) is 18.2 Å². The molecule has 1 aromatic heterocycles. The smallest absolute Gasteiger partial charge is 0.272 e. The van der Waals surface area contributed by atoms with Gasteiger partial charge in [0, 0.05) is 34.5 Å². The number of rotatable bonds is 6. The van der Waals surface area contributed by atoms with Crippen LogP contribution in [0.4, 0.5) is 11.4 Å². The predicted octanol–water partition coefficient (Wildman–Crippen LogP) is 4.01. The average molecular weight is 378 g/mol. The summed E-state index contributed by atoms with van der Waals surface area (Å²) in [5.41, 5.74) is 2.90. The molecule has 0 spiro atoms. The van der Waals surface area contributed by atoms with E-state index in [0.29, 0.717) is 35.0 Å². The molecule has 0 unspecified atom stereocenters. The number of aromatic nitrogens is 2. The molecule has 8 nitrogen and oxygen atoms in total. The van der Waals surface area contributed by atoms with E-state index in [2.05, 4.69) is 15.5 Å². The molecule has 0 atom stereocenters. The first-order valence-electron chi connectivity index (χ1n) is 8.61. The lowest BCUT2D eigenvalue weighted by molar-refractivity contribution is -0.385. The number of nitrogens with one attached hydrogen (secondary N) is 1. The monoisotopic (exact) mass is 378 g/mol. The lowest BCUT2D eigenvalue weighted by Gasteiger charge is -2.08. The molecule has 0 bridgehead atoms. The fourth-order valence-corrected chi connectivity index (χ4v) is 2.63. The van der Waals surface area contributed by atoms with Gasteiger partial charge in [0.05, 0.1) is 17.2 Å². The molecule has 0 saturated heterocycles. The first-order valence-corrected chi connectivity index (χ1v) is 8.61. The third kappa shape index (κ3) is 4.29. The van der Waals surface area contributed by atoms with E-state index in [0.717, 1.165) is 5.56 Å². The quantitative estimate of drug-likeness (QED) is 0.513. The van der Waals surface area contributed by atoms with Crippen molar-refractivity contribution in [3.63, 3.8) is 0 Å². The van der Waals surface area contributed by atoms with Crippen LogP contribution in [0.15, 0.2) is 54.6 Å². The number of aryl methyl sites for hydroxylation is 1. The highest BCUT2D eigenvalue weighted by Gasteiger charge is 2.14. The Labute approximate surface area is 161 Å². The molecule has 2 aromatic carbocycles. The average Bonchev–Trinajstić information content (AvgIpc) is 2.69. The summed E-state index contributed by atoms with van der Waals surface area (Å²) in [5.74, 6) is 0.125. The van der Waals surface area contributed by atoms with Gasteiger partial charge < -0.3 is 10.1 Å². The van der Waals surface area contributed by atoms with Crippen LogP contribution in [-0.2, 0) is 0 Å². The highest BCUT2D eigenvalue weighted by atomic mass is 16.6. The van der Waals surface area contributed by atoms with Crippen molar-refractivity contribution >= 4 is 17.3 Å². The van der Waals surface area contributed by atoms with E-state index in [1.54, 1.807) is 25.1 Å². The largest absolute Gasteiger partial charge is 0.477 e. The molecule has 142 valence electrons. The van der Waals surface area contributed by atoms with E-state index in [1.807, 2.05) is 25.1 Å². The van der Waals surface area contributed by atoms with Gasteiger partial charge in [0.1, 0.15) is 0 Å². The molecule has 8 heteroatoms. The summed E-state index contributed by atoms with van der Waals surface area (Å²) < 4.78 is 5.27. The number of amides is 1. The molecule has 0 aliphatic heterocycles. The standard InChI is InChI=1S/C20H18N4O4/c1-3-28-19-11-9-17(22-23-19)14-4-7-16(8-5-14)21-20(25)15-6-10-18(24(26)27)13(2)12-15/h4-12H,3H2,1-2H3,(H,21,25). The third-order valence-electron chi connectivity index (χ3n) is 4.03. The molecule has 0 aliphatic rings. The van der Waals surface area contributed by atoms with Crippen molar-refractivity contribution in [1.82, 2.24) is 10.2 Å². The SMILES string of the molecule is CCOc1ccc(-c2ccc(NC(=O)c3ccc([N+](=O)[O-])c(C)c3)cc2)nn1. The van der Waals surface area contributed by atoms with E-state index < -0.39 is 4.92 Å². The zero-order valence-corrected chi connectivity index (χ0v) is 15.4. The number of nitrogens with zero attached hydrogens (tertiary/aromatic N) is 3. The predicted molar refractivity (Wildman–Crippen MR) is 104 cm³/mol. The van der Waals surface area contributed by atoms with Crippen LogP contribution in [0.3, 0.4) is 0 Å². The van der Waals surface area contributed by atoms with Gasteiger partial charge >= 0.3 is 0 Å². The molecular formula is C20H18N4O4. The summed E-state index contributed by atoms with van der Waals surface area (Å²) in [4.78, 5) is 22.8. The summed E-state index contributed by atoms with van der Waals surface area (Å²) >= 11 is 0. The fourth-order valence-electron chi connectivity index (χ4n) is 2.63. The second-order valence-corrected chi connectivity index (χ2v) is 5.98. The Hall–Kier alpha value is -3.81. The van der Waals surface area contributed by atoms with Crippen molar-refractivity contribution in [1.29, 1.82) is 0 Å². The van der Waals surface area contributed by atoms with Gasteiger partial charge in [-0.1, -0.05) is 12.1 Å². The maximum Gasteiger partial charge on any atom is 0.272 e. The van der Waals surface area contributed by atoms with Crippen LogP contribution >= 0.6 is 0 Å². The Bertz CT molecular complexity index is 1000. The second kappa shape index (κ2) is 8.26. The van der Waals surface area contributed by atoms with Gasteiger partial charge in [-0.05, 0) is 44.2 Å². The number of nitro benzene ring substituents is 1. The van der Waals surface area contributed by atoms with Crippen LogP contribution in [0.5, 0.6) is 5.88 Å². The number of carbonyl (C=O) groups is 1. The molecule has 0 saturated carbocycles. The number of ether oxygens (including phenoxy) is 1. The van der Waals surface area contributed by atoms with Gasteiger partial charge in [-0.2, -0.15) is 0 Å². The zero-order chi connectivity index (χ0) is 20.1.